The molecule has 0 N–H and O–H groups in total. The molecule has 6 nitrogen and oxygen atoms in total. The fraction of sp³-hybridized carbons (Fsp3) is 0.120. The van der Waals surface area contributed by atoms with Gasteiger partial charge in [0.15, 0.2) is 5.16 Å². The molecule has 0 radical (unpaired) electrons. The Kier molecular flexibility index (Phi) is 6.36. The minimum atomic E-state index is -0.112. The average Bonchev–Trinajstić information content (AvgIpc) is 3.24. The summed E-state index contributed by atoms with van der Waals surface area (Å²) in [5, 5.41) is 2.08. The van der Waals surface area contributed by atoms with Crippen LogP contribution in [-0.2, 0) is 12.3 Å². The highest BCUT2D eigenvalue weighted by atomic mass is 35.5. The Bertz CT molecular complexity index is 1580. The van der Waals surface area contributed by atoms with Gasteiger partial charge in [0.1, 0.15) is 21.6 Å². The Labute approximate surface area is 208 Å². The van der Waals surface area contributed by atoms with Crippen LogP contribution in [0.2, 0.25) is 5.02 Å². The fourth-order valence-electron chi connectivity index (χ4n) is 3.69. The topological polar surface area (TPSA) is 74.1 Å². The first kappa shape index (κ1) is 22.6. The Hall–Kier alpha value is -3.20. The molecule has 3 heterocycles. The number of ether oxygens (including phenoxy) is 1. The van der Waals surface area contributed by atoms with Crippen LogP contribution in [-0.4, -0.2) is 27.9 Å². The maximum absolute atomic E-state index is 13.6. The molecule has 34 heavy (non-hydrogen) atoms. The van der Waals surface area contributed by atoms with Crippen molar-refractivity contribution in [1.29, 1.82) is 0 Å². The highest BCUT2D eigenvalue weighted by Gasteiger charge is 2.18. The molecule has 0 spiro atoms. The van der Waals surface area contributed by atoms with Gasteiger partial charge >= 0.3 is 0 Å². The van der Waals surface area contributed by atoms with Gasteiger partial charge in [0.05, 0.1) is 19.2 Å². The summed E-state index contributed by atoms with van der Waals surface area (Å²) in [5.41, 5.74) is 2.89. The number of aldehydes is 1. The van der Waals surface area contributed by atoms with Crippen LogP contribution >= 0.6 is 34.7 Å². The van der Waals surface area contributed by atoms with Crippen LogP contribution in [0.1, 0.15) is 21.5 Å². The molecule has 0 atom stereocenters. The van der Waals surface area contributed by atoms with Crippen LogP contribution in [0, 0.1) is 0 Å². The minimum absolute atomic E-state index is 0.112. The first-order valence-electron chi connectivity index (χ1n) is 10.3. The second-order valence-corrected chi connectivity index (χ2v) is 9.90. The number of fused-ring (bicyclic) bond motifs is 3. The Balaban J connectivity index is 1.62. The summed E-state index contributed by atoms with van der Waals surface area (Å²) >= 11 is 8.82. The number of thioether (sulfide) groups is 1. The van der Waals surface area contributed by atoms with Crippen LogP contribution in [0.4, 0.5) is 0 Å². The molecule has 0 bridgehead atoms. The van der Waals surface area contributed by atoms with Crippen molar-refractivity contribution >= 4 is 61.4 Å². The molecule has 170 valence electrons. The highest BCUT2D eigenvalue weighted by molar-refractivity contribution is 7.98. The van der Waals surface area contributed by atoms with Crippen molar-refractivity contribution in [2.24, 2.45) is 0 Å². The SMILES string of the molecule is COc1ccc(C=O)cc1CSc1nc2c(sc3ncccc32)c(=O)n1Cc1ccc(Cl)cc1. The van der Waals surface area contributed by atoms with Gasteiger partial charge in [-0.25, -0.2) is 9.97 Å². The smallest absolute Gasteiger partial charge is 0.272 e. The van der Waals surface area contributed by atoms with Crippen LogP contribution in [0.3, 0.4) is 0 Å². The van der Waals surface area contributed by atoms with E-state index in [-0.39, 0.29) is 5.56 Å². The molecule has 5 rings (SSSR count). The molecular weight excluding hydrogens is 490 g/mol. The van der Waals surface area contributed by atoms with Crippen molar-refractivity contribution in [3.63, 3.8) is 0 Å². The number of rotatable bonds is 7. The zero-order valence-corrected chi connectivity index (χ0v) is 20.4. The lowest BCUT2D eigenvalue weighted by molar-refractivity contribution is 0.112. The van der Waals surface area contributed by atoms with Crippen molar-refractivity contribution in [1.82, 2.24) is 14.5 Å². The average molecular weight is 508 g/mol. The number of benzene rings is 2. The van der Waals surface area contributed by atoms with E-state index in [0.29, 0.717) is 44.0 Å². The summed E-state index contributed by atoms with van der Waals surface area (Å²) in [4.78, 5) is 35.0. The molecular formula is C25H18ClN3O3S2. The van der Waals surface area contributed by atoms with Gasteiger partial charge in [-0.2, -0.15) is 0 Å². The molecule has 0 aliphatic rings. The summed E-state index contributed by atoms with van der Waals surface area (Å²) < 4.78 is 7.73. The van der Waals surface area contributed by atoms with Crippen LogP contribution in [0.15, 0.2) is 70.7 Å². The standard InChI is InChI=1S/C25H18ClN3O3S2/c1-32-20-9-6-16(13-30)11-17(20)14-33-25-28-21-19-3-2-10-27-23(19)34-22(21)24(31)29(25)12-15-4-7-18(26)8-5-15/h2-11,13H,12,14H2,1H3. The van der Waals surface area contributed by atoms with Crippen molar-refractivity contribution in [3.05, 3.63) is 92.9 Å². The fourth-order valence-corrected chi connectivity index (χ4v) is 5.82. The number of methoxy groups -OCH3 is 1. The lowest BCUT2D eigenvalue weighted by Crippen LogP contribution is -2.23. The molecule has 0 aliphatic heterocycles. The minimum Gasteiger partial charge on any atom is -0.496 e. The number of hydrogen-bond acceptors (Lipinski definition) is 7. The van der Waals surface area contributed by atoms with E-state index in [1.54, 1.807) is 48.2 Å². The van der Waals surface area contributed by atoms with Gasteiger partial charge in [0.2, 0.25) is 0 Å². The normalized spacial score (nSPS) is 11.2. The molecule has 0 amide bonds. The summed E-state index contributed by atoms with van der Waals surface area (Å²) in [7, 11) is 1.59. The van der Waals surface area contributed by atoms with E-state index in [4.69, 9.17) is 21.3 Å². The zero-order valence-electron chi connectivity index (χ0n) is 18.0. The summed E-state index contributed by atoms with van der Waals surface area (Å²) in [6.45, 7) is 0.356. The largest absolute Gasteiger partial charge is 0.496 e. The third-order valence-electron chi connectivity index (χ3n) is 5.37. The zero-order chi connectivity index (χ0) is 23.7. The molecule has 0 unspecified atom stereocenters. The lowest BCUT2D eigenvalue weighted by atomic mass is 10.1. The molecule has 0 fully saturated rings. The maximum Gasteiger partial charge on any atom is 0.272 e. The monoisotopic (exact) mass is 507 g/mol. The molecule has 0 aliphatic carbocycles. The second kappa shape index (κ2) is 9.58. The Morgan fingerprint density at radius 2 is 2.00 bits per heavy atom. The van der Waals surface area contributed by atoms with Crippen LogP contribution in [0.25, 0.3) is 20.4 Å². The number of carbonyl (C=O) groups is 1. The quantitative estimate of drug-likeness (QED) is 0.157. The number of halogens is 1. The van der Waals surface area contributed by atoms with E-state index in [1.807, 2.05) is 24.3 Å². The maximum atomic E-state index is 13.6. The van der Waals surface area contributed by atoms with Crippen LogP contribution in [0.5, 0.6) is 5.75 Å². The second-order valence-electron chi connectivity index (χ2n) is 7.53. The van der Waals surface area contributed by atoms with E-state index in [1.165, 1.54) is 23.1 Å². The van der Waals surface area contributed by atoms with Crippen molar-refractivity contribution < 1.29 is 9.53 Å². The molecule has 0 saturated carbocycles. The van der Waals surface area contributed by atoms with Crippen LogP contribution < -0.4 is 10.3 Å². The number of hydrogen-bond donors (Lipinski definition) is 0. The third kappa shape index (κ3) is 4.32. The first-order chi connectivity index (χ1) is 16.6. The number of thiophene rings is 1. The van der Waals surface area contributed by atoms with Crippen molar-refractivity contribution in [2.75, 3.05) is 7.11 Å². The number of carbonyl (C=O) groups excluding carboxylic acids is 1. The summed E-state index contributed by atoms with van der Waals surface area (Å²) in [5.74, 6) is 1.15. The predicted molar refractivity (Wildman–Crippen MR) is 138 cm³/mol. The van der Waals surface area contributed by atoms with E-state index in [0.717, 1.165) is 27.6 Å². The molecule has 9 heteroatoms. The lowest BCUT2D eigenvalue weighted by Gasteiger charge is -2.14. The number of pyridine rings is 1. The van der Waals surface area contributed by atoms with E-state index < -0.39 is 0 Å². The van der Waals surface area contributed by atoms with E-state index in [9.17, 15) is 9.59 Å². The highest BCUT2D eigenvalue weighted by Crippen LogP contribution is 2.33. The summed E-state index contributed by atoms with van der Waals surface area (Å²) in [6, 6.07) is 16.5. The molecule has 2 aromatic carbocycles. The Morgan fingerprint density at radius 1 is 1.18 bits per heavy atom. The van der Waals surface area contributed by atoms with Gasteiger partial charge in [-0.1, -0.05) is 35.5 Å². The molecule has 3 aromatic heterocycles. The van der Waals surface area contributed by atoms with E-state index >= 15 is 0 Å². The van der Waals surface area contributed by atoms with Gasteiger partial charge in [-0.15, -0.1) is 11.3 Å². The Morgan fingerprint density at radius 3 is 2.76 bits per heavy atom. The van der Waals surface area contributed by atoms with Gasteiger partial charge < -0.3 is 4.74 Å². The van der Waals surface area contributed by atoms with Gasteiger partial charge in [-0.05, 0) is 48.0 Å². The molecule has 5 aromatic rings. The van der Waals surface area contributed by atoms with Gasteiger partial charge in [0, 0.05) is 33.5 Å². The van der Waals surface area contributed by atoms with Crippen molar-refractivity contribution in [2.45, 2.75) is 17.5 Å². The molecule has 0 saturated heterocycles. The first-order valence-corrected chi connectivity index (χ1v) is 12.5. The third-order valence-corrected chi connectivity index (χ3v) is 7.74. The van der Waals surface area contributed by atoms with Crippen molar-refractivity contribution in [3.8, 4) is 5.75 Å². The van der Waals surface area contributed by atoms with Gasteiger partial charge in [-0.3, -0.25) is 14.2 Å². The number of aromatic nitrogens is 3. The predicted octanol–water partition coefficient (Wildman–Crippen LogP) is 5.82. The number of nitrogens with zero attached hydrogens (tertiary/aromatic N) is 3. The van der Waals surface area contributed by atoms with Gasteiger partial charge in [0.25, 0.3) is 5.56 Å². The summed E-state index contributed by atoms with van der Waals surface area (Å²) in [6.07, 6.45) is 2.52. The van der Waals surface area contributed by atoms with E-state index in [2.05, 4.69) is 4.98 Å².